The van der Waals surface area contributed by atoms with Crippen LogP contribution >= 0.6 is 0 Å². The zero-order chi connectivity index (χ0) is 16.4. The van der Waals surface area contributed by atoms with Crippen molar-refractivity contribution in [2.45, 2.75) is 12.0 Å². The highest BCUT2D eigenvalue weighted by Crippen LogP contribution is 2.31. The van der Waals surface area contributed by atoms with Crippen LogP contribution in [0.1, 0.15) is 23.2 Å². The lowest BCUT2D eigenvalue weighted by Crippen LogP contribution is -2.48. The molecule has 2 atom stereocenters. The van der Waals surface area contributed by atoms with Gasteiger partial charge in [0.25, 0.3) is 0 Å². The predicted molar refractivity (Wildman–Crippen MR) is 93.8 cm³/mol. The smallest absolute Gasteiger partial charge is 0.118 e. The number of nitrogens with one attached hydrogen (secondary N) is 2. The minimum Gasteiger partial charge on any atom is -0.497 e. The second-order valence-corrected chi connectivity index (χ2v) is 6.71. The van der Waals surface area contributed by atoms with Crippen LogP contribution in [0.3, 0.4) is 0 Å². The zero-order valence-corrected chi connectivity index (χ0v) is 14.0. The van der Waals surface area contributed by atoms with Crippen molar-refractivity contribution < 1.29 is 4.74 Å². The number of benzene rings is 1. The highest BCUT2D eigenvalue weighted by atomic mass is 16.5. The molecule has 2 fully saturated rings. The fourth-order valence-corrected chi connectivity index (χ4v) is 3.73. The maximum atomic E-state index is 5.25. The van der Waals surface area contributed by atoms with E-state index in [9.17, 15) is 0 Å². The third-order valence-corrected chi connectivity index (χ3v) is 5.12. The Bertz CT molecular complexity index is 655. The number of rotatable bonds is 5. The van der Waals surface area contributed by atoms with Crippen molar-refractivity contribution in [3.8, 4) is 5.75 Å². The van der Waals surface area contributed by atoms with Crippen molar-refractivity contribution >= 4 is 0 Å². The molecule has 4 rings (SSSR count). The van der Waals surface area contributed by atoms with Crippen LogP contribution in [0.15, 0.2) is 48.7 Å². The topological polar surface area (TPSA) is 49.4 Å². The van der Waals surface area contributed by atoms with Gasteiger partial charge in [0.15, 0.2) is 0 Å². The molecule has 2 aliphatic heterocycles. The van der Waals surface area contributed by atoms with E-state index < -0.39 is 0 Å². The van der Waals surface area contributed by atoms with E-state index in [0.29, 0.717) is 17.9 Å². The van der Waals surface area contributed by atoms with E-state index in [1.165, 1.54) is 11.3 Å². The number of aromatic nitrogens is 1. The van der Waals surface area contributed by atoms with Crippen LogP contribution < -0.4 is 15.6 Å². The monoisotopic (exact) mass is 324 g/mol. The Balaban J connectivity index is 1.34. The van der Waals surface area contributed by atoms with Crippen molar-refractivity contribution in [2.24, 2.45) is 5.92 Å². The van der Waals surface area contributed by atoms with Crippen molar-refractivity contribution in [1.29, 1.82) is 0 Å². The lowest BCUT2D eigenvalue weighted by molar-refractivity contribution is 0.120. The van der Waals surface area contributed by atoms with Crippen LogP contribution in [0.5, 0.6) is 5.75 Å². The molecule has 1 aromatic heterocycles. The molecular formula is C19H24N4O. The van der Waals surface area contributed by atoms with Gasteiger partial charge in [0.1, 0.15) is 5.75 Å². The van der Waals surface area contributed by atoms with Crippen LogP contribution in [0.4, 0.5) is 0 Å². The molecule has 0 bridgehead atoms. The van der Waals surface area contributed by atoms with Gasteiger partial charge in [-0.05, 0) is 29.8 Å². The van der Waals surface area contributed by atoms with Crippen LogP contribution in [-0.2, 0) is 0 Å². The Labute approximate surface area is 143 Å². The summed E-state index contributed by atoms with van der Waals surface area (Å²) in [6.45, 7) is 4.34. The van der Waals surface area contributed by atoms with Crippen LogP contribution in [0.2, 0.25) is 0 Å². The third-order valence-electron chi connectivity index (χ3n) is 5.12. The van der Waals surface area contributed by atoms with E-state index >= 15 is 0 Å². The normalized spacial score (nSPS) is 24.7. The summed E-state index contributed by atoms with van der Waals surface area (Å²) < 4.78 is 5.25. The van der Waals surface area contributed by atoms with Gasteiger partial charge in [0.05, 0.1) is 13.2 Å². The van der Waals surface area contributed by atoms with Gasteiger partial charge in [-0.3, -0.25) is 10.4 Å². The fraction of sp³-hybridized carbons (Fsp3) is 0.421. The van der Waals surface area contributed by atoms with Gasteiger partial charge < -0.3 is 9.64 Å². The van der Waals surface area contributed by atoms with Crippen molar-refractivity contribution in [1.82, 2.24) is 20.7 Å². The molecule has 2 aromatic rings. The first-order chi connectivity index (χ1) is 11.8. The standard InChI is InChI=1S/C19H24N4O/c1-24-17-7-5-14(6-8-17)19-15(10-21-22-19)11-23-12-16(13-23)18-4-2-3-9-20-18/h2-9,15-16,19,21-22H,10-13H2,1H3. The first kappa shape index (κ1) is 15.6. The van der Waals surface area contributed by atoms with E-state index in [1.807, 2.05) is 24.4 Å². The van der Waals surface area contributed by atoms with Gasteiger partial charge >= 0.3 is 0 Å². The molecule has 2 aliphatic rings. The predicted octanol–water partition coefficient (Wildman–Crippen LogP) is 1.95. The maximum absolute atomic E-state index is 5.25. The summed E-state index contributed by atoms with van der Waals surface area (Å²) in [4.78, 5) is 7.02. The SMILES string of the molecule is COc1ccc(C2NNCC2CN2CC(c3ccccn3)C2)cc1. The highest BCUT2D eigenvalue weighted by molar-refractivity contribution is 5.30. The number of hydrazine groups is 1. The molecule has 2 N–H and O–H groups in total. The molecule has 2 unspecified atom stereocenters. The zero-order valence-electron chi connectivity index (χ0n) is 14.0. The molecule has 3 heterocycles. The van der Waals surface area contributed by atoms with Crippen molar-refractivity contribution in [3.63, 3.8) is 0 Å². The third kappa shape index (κ3) is 3.15. The molecule has 126 valence electrons. The second kappa shape index (κ2) is 6.89. The van der Waals surface area contributed by atoms with Crippen LogP contribution in [-0.4, -0.2) is 43.2 Å². The number of methoxy groups -OCH3 is 1. The molecule has 24 heavy (non-hydrogen) atoms. The lowest BCUT2D eigenvalue weighted by Gasteiger charge is -2.41. The molecule has 0 amide bonds. The average molecular weight is 324 g/mol. The fourth-order valence-electron chi connectivity index (χ4n) is 3.73. The summed E-state index contributed by atoms with van der Waals surface area (Å²) in [7, 11) is 1.70. The molecule has 0 aliphatic carbocycles. The second-order valence-electron chi connectivity index (χ2n) is 6.71. The van der Waals surface area contributed by atoms with Gasteiger partial charge in [-0.1, -0.05) is 18.2 Å². The Morgan fingerprint density at radius 1 is 1.17 bits per heavy atom. The van der Waals surface area contributed by atoms with Crippen molar-refractivity contribution in [3.05, 3.63) is 59.9 Å². The van der Waals surface area contributed by atoms with Gasteiger partial charge in [-0.15, -0.1) is 0 Å². The van der Waals surface area contributed by atoms with E-state index in [0.717, 1.165) is 31.9 Å². The number of hydrogen-bond donors (Lipinski definition) is 2. The molecule has 5 heteroatoms. The number of likely N-dealkylation sites (tertiary alicyclic amines) is 1. The largest absolute Gasteiger partial charge is 0.497 e. The quantitative estimate of drug-likeness (QED) is 0.880. The Morgan fingerprint density at radius 3 is 2.71 bits per heavy atom. The number of hydrogen-bond acceptors (Lipinski definition) is 5. The Hall–Kier alpha value is -1.95. The van der Waals surface area contributed by atoms with Gasteiger partial charge in [0.2, 0.25) is 0 Å². The molecule has 0 radical (unpaired) electrons. The average Bonchev–Trinajstić information content (AvgIpc) is 3.07. The van der Waals surface area contributed by atoms with Crippen LogP contribution in [0.25, 0.3) is 0 Å². The highest BCUT2D eigenvalue weighted by Gasteiger charge is 2.35. The van der Waals surface area contributed by atoms with Crippen molar-refractivity contribution in [2.75, 3.05) is 33.3 Å². The molecule has 0 spiro atoms. The first-order valence-corrected chi connectivity index (χ1v) is 8.59. The summed E-state index contributed by atoms with van der Waals surface area (Å²) in [6, 6.07) is 14.9. The molecule has 2 saturated heterocycles. The maximum Gasteiger partial charge on any atom is 0.118 e. The van der Waals surface area contributed by atoms with E-state index in [4.69, 9.17) is 4.74 Å². The van der Waals surface area contributed by atoms with E-state index in [2.05, 4.69) is 45.0 Å². The lowest BCUT2D eigenvalue weighted by atomic mass is 9.90. The Kier molecular flexibility index (Phi) is 4.47. The first-order valence-electron chi connectivity index (χ1n) is 8.59. The minimum absolute atomic E-state index is 0.352. The Morgan fingerprint density at radius 2 is 2.00 bits per heavy atom. The molecule has 5 nitrogen and oxygen atoms in total. The summed E-state index contributed by atoms with van der Waals surface area (Å²) in [5.74, 6) is 2.07. The minimum atomic E-state index is 0.352. The summed E-state index contributed by atoms with van der Waals surface area (Å²) >= 11 is 0. The number of ether oxygens (including phenoxy) is 1. The van der Waals surface area contributed by atoms with Crippen LogP contribution in [0, 0.1) is 5.92 Å². The molecular weight excluding hydrogens is 300 g/mol. The van der Waals surface area contributed by atoms with Gasteiger partial charge in [-0.2, -0.15) is 0 Å². The number of nitrogens with zero attached hydrogens (tertiary/aromatic N) is 2. The summed E-state index contributed by atoms with van der Waals surface area (Å²) in [5.41, 5.74) is 9.29. The molecule has 1 aromatic carbocycles. The van der Waals surface area contributed by atoms with E-state index in [-0.39, 0.29) is 0 Å². The van der Waals surface area contributed by atoms with Gasteiger partial charge in [0, 0.05) is 49.9 Å². The van der Waals surface area contributed by atoms with Gasteiger partial charge in [-0.25, -0.2) is 5.43 Å². The summed E-state index contributed by atoms with van der Waals surface area (Å²) in [6.07, 6.45) is 1.89. The molecule has 0 saturated carbocycles. The van der Waals surface area contributed by atoms with E-state index in [1.54, 1.807) is 7.11 Å². The number of pyridine rings is 1. The summed E-state index contributed by atoms with van der Waals surface area (Å²) in [5, 5.41) is 0.